The largest absolute Gasteiger partial charge is 0.481 e. The molecule has 2 bridgehead atoms. The zero-order valence-electron chi connectivity index (χ0n) is 12.2. The first-order valence-corrected chi connectivity index (χ1v) is 7.94. The van der Waals surface area contributed by atoms with E-state index in [2.05, 4.69) is 0 Å². The lowest BCUT2D eigenvalue weighted by Crippen LogP contribution is -2.33. The number of ether oxygens (including phenoxy) is 1. The van der Waals surface area contributed by atoms with Gasteiger partial charge in [0.05, 0.1) is 11.8 Å². The van der Waals surface area contributed by atoms with Gasteiger partial charge in [-0.25, -0.2) is 0 Å². The van der Waals surface area contributed by atoms with Crippen LogP contribution >= 0.6 is 0 Å². The van der Waals surface area contributed by atoms with Crippen molar-refractivity contribution in [2.45, 2.75) is 52.1 Å². The minimum absolute atomic E-state index is 0.0275. The van der Waals surface area contributed by atoms with E-state index >= 15 is 0 Å². The van der Waals surface area contributed by atoms with Crippen LogP contribution in [0.5, 0.6) is 0 Å². The summed E-state index contributed by atoms with van der Waals surface area (Å²) in [5, 5.41) is 9.19. The number of carboxylic acids is 1. The van der Waals surface area contributed by atoms with Crippen LogP contribution in [0.3, 0.4) is 0 Å². The Morgan fingerprint density at radius 1 is 1.15 bits per heavy atom. The fourth-order valence-electron chi connectivity index (χ4n) is 4.78. The molecule has 0 saturated heterocycles. The highest BCUT2D eigenvalue weighted by Crippen LogP contribution is 2.60. The number of carbonyl (C=O) groups is 2. The minimum atomic E-state index is -0.646. The first kappa shape index (κ1) is 13.9. The molecular formula is C16H24O4. The molecule has 0 amide bonds. The third-order valence-electron chi connectivity index (χ3n) is 6.04. The van der Waals surface area contributed by atoms with Crippen molar-refractivity contribution in [2.24, 2.45) is 35.5 Å². The summed E-state index contributed by atoms with van der Waals surface area (Å²) in [4.78, 5) is 23.1. The van der Waals surface area contributed by atoms with Crippen LogP contribution in [0.2, 0.25) is 0 Å². The topological polar surface area (TPSA) is 63.6 Å². The maximum Gasteiger partial charge on any atom is 0.308 e. The van der Waals surface area contributed by atoms with E-state index in [9.17, 15) is 14.7 Å². The molecule has 1 N–H and O–H groups in total. The molecule has 4 heteroatoms. The summed E-state index contributed by atoms with van der Waals surface area (Å²) in [5.41, 5.74) is 0. The number of esters is 1. The monoisotopic (exact) mass is 280 g/mol. The Morgan fingerprint density at radius 2 is 1.85 bits per heavy atom. The molecule has 0 aliphatic heterocycles. The molecule has 0 aromatic heterocycles. The van der Waals surface area contributed by atoms with Gasteiger partial charge in [-0.1, -0.05) is 13.8 Å². The molecule has 4 nitrogen and oxygen atoms in total. The predicted octanol–water partition coefficient (Wildman–Crippen LogP) is 2.71. The maximum atomic E-state index is 12.0. The van der Waals surface area contributed by atoms with Crippen LogP contribution < -0.4 is 0 Å². The van der Waals surface area contributed by atoms with E-state index in [1.54, 1.807) is 0 Å². The van der Waals surface area contributed by atoms with E-state index in [4.69, 9.17) is 4.74 Å². The van der Waals surface area contributed by atoms with Crippen molar-refractivity contribution >= 4 is 11.9 Å². The highest BCUT2D eigenvalue weighted by atomic mass is 16.5. The molecule has 0 aromatic rings. The minimum Gasteiger partial charge on any atom is -0.481 e. The first-order valence-electron chi connectivity index (χ1n) is 7.94. The van der Waals surface area contributed by atoms with Crippen LogP contribution in [0.1, 0.15) is 46.0 Å². The van der Waals surface area contributed by atoms with E-state index in [-0.39, 0.29) is 23.9 Å². The molecule has 3 fully saturated rings. The normalized spacial score (nSPS) is 43.3. The second kappa shape index (κ2) is 5.05. The quantitative estimate of drug-likeness (QED) is 0.804. The standard InChI is InChI=1S/C16H24O4/c1-3-8(2)16(19)20-14-7-9-4-13(14)12-6-10(15(17)18)5-11(9)12/h8-14H,3-7H2,1-2H3,(H,17,18). The number of hydrogen-bond acceptors (Lipinski definition) is 3. The number of hydrogen-bond donors (Lipinski definition) is 1. The van der Waals surface area contributed by atoms with Crippen LogP contribution in [-0.4, -0.2) is 23.1 Å². The van der Waals surface area contributed by atoms with Gasteiger partial charge in [-0.05, 0) is 55.8 Å². The molecule has 0 heterocycles. The Morgan fingerprint density at radius 3 is 2.50 bits per heavy atom. The molecule has 112 valence electrons. The Kier molecular flexibility index (Phi) is 3.51. The van der Waals surface area contributed by atoms with Gasteiger partial charge in [-0.3, -0.25) is 9.59 Å². The Bertz CT molecular complexity index is 419. The van der Waals surface area contributed by atoms with E-state index in [0.29, 0.717) is 23.7 Å². The third-order valence-corrected chi connectivity index (χ3v) is 6.04. The average molecular weight is 280 g/mol. The highest BCUT2D eigenvalue weighted by Gasteiger charge is 2.58. The number of rotatable bonds is 4. The molecule has 3 saturated carbocycles. The summed E-state index contributed by atoms with van der Waals surface area (Å²) in [6, 6.07) is 0. The van der Waals surface area contributed by atoms with Crippen molar-refractivity contribution in [1.29, 1.82) is 0 Å². The Balaban J connectivity index is 1.63. The van der Waals surface area contributed by atoms with Gasteiger partial charge in [0.15, 0.2) is 0 Å². The van der Waals surface area contributed by atoms with Gasteiger partial charge >= 0.3 is 11.9 Å². The molecule has 7 atom stereocenters. The van der Waals surface area contributed by atoms with Crippen LogP contribution in [0, 0.1) is 35.5 Å². The fourth-order valence-corrected chi connectivity index (χ4v) is 4.78. The Labute approximate surface area is 119 Å². The van der Waals surface area contributed by atoms with E-state index in [0.717, 1.165) is 32.1 Å². The van der Waals surface area contributed by atoms with Crippen LogP contribution in [-0.2, 0) is 14.3 Å². The maximum absolute atomic E-state index is 12.0. The molecule has 0 aromatic carbocycles. The molecule has 0 radical (unpaired) electrons. The van der Waals surface area contributed by atoms with Gasteiger partial charge < -0.3 is 9.84 Å². The van der Waals surface area contributed by atoms with Crippen molar-refractivity contribution in [2.75, 3.05) is 0 Å². The molecule has 20 heavy (non-hydrogen) atoms. The first-order chi connectivity index (χ1) is 9.51. The zero-order chi connectivity index (χ0) is 14.4. The highest BCUT2D eigenvalue weighted by molar-refractivity contribution is 5.72. The summed E-state index contributed by atoms with van der Waals surface area (Å²) in [5.74, 6) is 1.14. The van der Waals surface area contributed by atoms with E-state index in [1.165, 1.54) is 0 Å². The summed E-state index contributed by atoms with van der Waals surface area (Å²) >= 11 is 0. The second-order valence-corrected chi connectivity index (χ2v) is 7.01. The number of aliphatic carboxylic acids is 1. The molecule has 3 aliphatic rings. The van der Waals surface area contributed by atoms with Gasteiger partial charge in [0.25, 0.3) is 0 Å². The summed E-state index contributed by atoms with van der Waals surface area (Å²) in [6.45, 7) is 3.91. The third kappa shape index (κ3) is 2.13. The van der Waals surface area contributed by atoms with Crippen molar-refractivity contribution < 1.29 is 19.4 Å². The average Bonchev–Trinajstić information content (AvgIpc) is 3.07. The lowest BCUT2D eigenvalue weighted by molar-refractivity contribution is -0.157. The molecular weight excluding hydrogens is 256 g/mol. The van der Waals surface area contributed by atoms with Gasteiger partial charge in [-0.2, -0.15) is 0 Å². The number of fused-ring (bicyclic) bond motifs is 5. The molecule has 3 aliphatic carbocycles. The number of carbonyl (C=O) groups excluding carboxylic acids is 1. The molecule has 7 unspecified atom stereocenters. The second-order valence-electron chi connectivity index (χ2n) is 7.01. The fraction of sp³-hybridized carbons (Fsp3) is 0.875. The van der Waals surface area contributed by atoms with Crippen LogP contribution in [0.25, 0.3) is 0 Å². The predicted molar refractivity (Wildman–Crippen MR) is 72.9 cm³/mol. The number of carboxylic acid groups (broad SMARTS) is 1. The summed E-state index contributed by atoms with van der Waals surface area (Å²) in [7, 11) is 0. The Hall–Kier alpha value is -1.06. The van der Waals surface area contributed by atoms with Crippen molar-refractivity contribution in [1.82, 2.24) is 0 Å². The van der Waals surface area contributed by atoms with Gasteiger partial charge in [0.1, 0.15) is 6.10 Å². The van der Waals surface area contributed by atoms with E-state index < -0.39 is 5.97 Å². The lowest BCUT2D eigenvalue weighted by atomic mass is 9.80. The van der Waals surface area contributed by atoms with E-state index in [1.807, 2.05) is 13.8 Å². The summed E-state index contributed by atoms with van der Waals surface area (Å²) < 4.78 is 5.72. The zero-order valence-corrected chi connectivity index (χ0v) is 12.2. The van der Waals surface area contributed by atoms with Gasteiger partial charge in [0, 0.05) is 0 Å². The van der Waals surface area contributed by atoms with Crippen LogP contribution in [0.15, 0.2) is 0 Å². The molecule has 0 spiro atoms. The van der Waals surface area contributed by atoms with Crippen molar-refractivity contribution in [3.8, 4) is 0 Å². The lowest BCUT2D eigenvalue weighted by Gasteiger charge is -2.31. The van der Waals surface area contributed by atoms with Crippen molar-refractivity contribution in [3.63, 3.8) is 0 Å². The smallest absolute Gasteiger partial charge is 0.308 e. The SMILES string of the molecule is CCC(C)C(=O)OC1CC2CC1C1CC(C(=O)O)CC21. The van der Waals surface area contributed by atoms with Crippen LogP contribution in [0.4, 0.5) is 0 Å². The molecule has 3 rings (SSSR count). The van der Waals surface area contributed by atoms with Crippen molar-refractivity contribution in [3.05, 3.63) is 0 Å². The summed E-state index contributed by atoms with van der Waals surface area (Å²) in [6.07, 6.45) is 4.59. The van der Waals surface area contributed by atoms with Gasteiger partial charge in [-0.15, -0.1) is 0 Å². The van der Waals surface area contributed by atoms with Gasteiger partial charge in [0.2, 0.25) is 0 Å².